The maximum atomic E-state index is 13.5. The topological polar surface area (TPSA) is 29.1 Å². The third-order valence-corrected chi connectivity index (χ3v) is 3.30. The molecular formula is C18H18FNO. The van der Waals surface area contributed by atoms with Gasteiger partial charge in [0.1, 0.15) is 5.82 Å². The fourth-order valence-electron chi connectivity index (χ4n) is 2.25. The van der Waals surface area contributed by atoms with Crippen LogP contribution in [-0.4, -0.2) is 12.8 Å². The number of hydrogen-bond donors (Lipinski definition) is 1. The van der Waals surface area contributed by atoms with Crippen LogP contribution in [0.4, 0.5) is 10.1 Å². The summed E-state index contributed by atoms with van der Waals surface area (Å²) in [6.45, 7) is 3.50. The molecule has 3 heteroatoms. The number of anilines is 1. The van der Waals surface area contributed by atoms with Gasteiger partial charge in [0.2, 0.25) is 0 Å². The predicted octanol–water partition coefficient (Wildman–Crippen LogP) is 4.20. The number of carbonyl (C=O) groups excluding carboxylic acids is 1. The molecule has 0 fully saturated rings. The standard InChI is InChI=1S/C18H18FNO/c1-12-7-8-15(11-18(12)20-3)17(9-13(2)21)14-5-4-6-16(19)10-14/h4-11,20H,1-3H3/b17-9+. The predicted molar refractivity (Wildman–Crippen MR) is 84.9 cm³/mol. The molecule has 0 amide bonds. The Balaban J connectivity index is 2.59. The Morgan fingerprint density at radius 2 is 1.86 bits per heavy atom. The van der Waals surface area contributed by atoms with Gasteiger partial charge in [-0.2, -0.15) is 0 Å². The number of hydrogen-bond acceptors (Lipinski definition) is 2. The van der Waals surface area contributed by atoms with Gasteiger partial charge in [0.15, 0.2) is 5.78 Å². The molecule has 108 valence electrons. The molecule has 0 saturated carbocycles. The van der Waals surface area contributed by atoms with E-state index in [-0.39, 0.29) is 11.6 Å². The van der Waals surface area contributed by atoms with Crippen LogP contribution >= 0.6 is 0 Å². The number of rotatable bonds is 4. The number of carbonyl (C=O) groups is 1. The number of aryl methyl sites for hydroxylation is 1. The van der Waals surface area contributed by atoms with Gasteiger partial charge >= 0.3 is 0 Å². The normalized spacial score (nSPS) is 11.3. The summed E-state index contributed by atoms with van der Waals surface area (Å²) in [6.07, 6.45) is 1.54. The first-order valence-electron chi connectivity index (χ1n) is 6.78. The first-order chi connectivity index (χ1) is 10.0. The average Bonchev–Trinajstić information content (AvgIpc) is 2.45. The summed E-state index contributed by atoms with van der Waals surface area (Å²) in [7, 11) is 1.85. The van der Waals surface area contributed by atoms with Crippen LogP contribution in [0, 0.1) is 12.7 Å². The molecule has 0 unspecified atom stereocenters. The fraction of sp³-hybridized carbons (Fsp3) is 0.167. The summed E-state index contributed by atoms with van der Waals surface area (Å²) < 4.78 is 13.5. The largest absolute Gasteiger partial charge is 0.388 e. The fourth-order valence-corrected chi connectivity index (χ4v) is 2.25. The molecule has 0 aliphatic heterocycles. The second-order valence-electron chi connectivity index (χ2n) is 4.96. The van der Waals surface area contributed by atoms with Gasteiger partial charge in [-0.1, -0.05) is 24.3 Å². The number of allylic oxidation sites excluding steroid dienone is 1. The van der Waals surface area contributed by atoms with Crippen LogP contribution in [0.2, 0.25) is 0 Å². The minimum atomic E-state index is -0.317. The quantitative estimate of drug-likeness (QED) is 0.852. The second kappa shape index (κ2) is 6.35. The van der Waals surface area contributed by atoms with Gasteiger partial charge in [0.05, 0.1) is 0 Å². The van der Waals surface area contributed by atoms with E-state index in [1.807, 2.05) is 32.2 Å². The van der Waals surface area contributed by atoms with Crippen LogP contribution in [-0.2, 0) is 4.79 Å². The Morgan fingerprint density at radius 1 is 1.14 bits per heavy atom. The van der Waals surface area contributed by atoms with Crippen LogP contribution < -0.4 is 5.32 Å². The van der Waals surface area contributed by atoms with Crippen molar-refractivity contribution in [2.75, 3.05) is 12.4 Å². The Morgan fingerprint density at radius 3 is 2.48 bits per heavy atom. The summed E-state index contributed by atoms with van der Waals surface area (Å²) in [6, 6.07) is 12.2. The number of benzene rings is 2. The minimum absolute atomic E-state index is 0.0687. The van der Waals surface area contributed by atoms with Gasteiger partial charge < -0.3 is 5.32 Å². The first kappa shape index (κ1) is 15.0. The van der Waals surface area contributed by atoms with Gasteiger partial charge in [-0.05, 0) is 60.4 Å². The van der Waals surface area contributed by atoms with Crippen molar-refractivity contribution in [1.29, 1.82) is 0 Å². The molecule has 0 aliphatic carbocycles. The summed E-state index contributed by atoms with van der Waals surface area (Å²) >= 11 is 0. The number of ketones is 1. The molecule has 0 atom stereocenters. The molecule has 0 radical (unpaired) electrons. The highest BCUT2D eigenvalue weighted by atomic mass is 19.1. The molecule has 21 heavy (non-hydrogen) atoms. The second-order valence-corrected chi connectivity index (χ2v) is 4.96. The van der Waals surface area contributed by atoms with E-state index in [9.17, 15) is 9.18 Å². The summed E-state index contributed by atoms with van der Waals surface area (Å²) in [5.41, 5.74) is 4.39. The molecule has 2 nitrogen and oxygen atoms in total. The van der Waals surface area contributed by atoms with Crippen molar-refractivity contribution < 1.29 is 9.18 Å². The maximum Gasteiger partial charge on any atom is 0.153 e. The van der Waals surface area contributed by atoms with E-state index in [1.165, 1.54) is 19.1 Å². The van der Waals surface area contributed by atoms with E-state index in [0.717, 1.165) is 22.4 Å². The Labute approximate surface area is 124 Å². The highest BCUT2D eigenvalue weighted by Crippen LogP contribution is 2.27. The van der Waals surface area contributed by atoms with E-state index < -0.39 is 0 Å². The molecule has 0 saturated heterocycles. The van der Waals surface area contributed by atoms with Crippen molar-refractivity contribution in [3.63, 3.8) is 0 Å². The van der Waals surface area contributed by atoms with Gasteiger partial charge in [0, 0.05) is 12.7 Å². The zero-order valence-electron chi connectivity index (χ0n) is 12.4. The van der Waals surface area contributed by atoms with Crippen LogP contribution in [0.3, 0.4) is 0 Å². The maximum absolute atomic E-state index is 13.5. The molecule has 0 spiro atoms. The summed E-state index contributed by atoms with van der Waals surface area (Å²) in [4.78, 5) is 11.5. The van der Waals surface area contributed by atoms with Crippen molar-refractivity contribution in [3.05, 3.63) is 71.0 Å². The zero-order valence-corrected chi connectivity index (χ0v) is 12.4. The first-order valence-corrected chi connectivity index (χ1v) is 6.78. The van der Waals surface area contributed by atoms with E-state index in [0.29, 0.717) is 5.56 Å². The molecule has 2 rings (SSSR count). The van der Waals surface area contributed by atoms with Gasteiger partial charge in [-0.15, -0.1) is 0 Å². The molecule has 2 aromatic rings. The Bertz CT molecular complexity index is 704. The van der Waals surface area contributed by atoms with E-state index in [2.05, 4.69) is 5.32 Å². The van der Waals surface area contributed by atoms with Crippen LogP contribution in [0.5, 0.6) is 0 Å². The highest BCUT2D eigenvalue weighted by molar-refractivity contribution is 5.99. The van der Waals surface area contributed by atoms with Gasteiger partial charge in [-0.3, -0.25) is 4.79 Å². The molecule has 0 aromatic heterocycles. The zero-order chi connectivity index (χ0) is 15.4. The van der Waals surface area contributed by atoms with Crippen molar-refractivity contribution >= 4 is 17.0 Å². The summed E-state index contributed by atoms with van der Waals surface area (Å²) in [5, 5.41) is 3.12. The highest BCUT2D eigenvalue weighted by Gasteiger charge is 2.09. The van der Waals surface area contributed by atoms with E-state index in [1.54, 1.807) is 18.2 Å². The van der Waals surface area contributed by atoms with E-state index >= 15 is 0 Å². The molecule has 0 heterocycles. The molecule has 2 aromatic carbocycles. The number of halogens is 1. The summed E-state index contributed by atoms with van der Waals surface area (Å²) in [5.74, 6) is -0.385. The smallest absolute Gasteiger partial charge is 0.153 e. The SMILES string of the molecule is CNc1cc(/C(=C/C(C)=O)c2cccc(F)c2)ccc1C. The lowest BCUT2D eigenvalue weighted by Gasteiger charge is -2.12. The van der Waals surface area contributed by atoms with E-state index in [4.69, 9.17) is 0 Å². The lowest BCUT2D eigenvalue weighted by Crippen LogP contribution is -1.97. The van der Waals surface area contributed by atoms with Crippen LogP contribution in [0.1, 0.15) is 23.6 Å². The Hall–Kier alpha value is -2.42. The van der Waals surface area contributed by atoms with Crippen molar-refractivity contribution in [3.8, 4) is 0 Å². The van der Waals surface area contributed by atoms with Crippen molar-refractivity contribution in [1.82, 2.24) is 0 Å². The average molecular weight is 283 g/mol. The lowest BCUT2D eigenvalue weighted by atomic mass is 9.95. The van der Waals surface area contributed by atoms with Gasteiger partial charge in [-0.25, -0.2) is 4.39 Å². The number of nitrogens with one attached hydrogen (secondary N) is 1. The molecule has 1 N–H and O–H groups in total. The lowest BCUT2D eigenvalue weighted by molar-refractivity contribution is -0.112. The molecule has 0 aliphatic rings. The molecule has 0 bridgehead atoms. The van der Waals surface area contributed by atoms with Crippen molar-refractivity contribution in [2.45, 2.75) is 13.8 Å². The van der Waals surface area contributed by atoms with Gasteiger partial charge in [0.25, 0.3) is 0 Å². The van der Waals surface area contributed by atoms with Crippen molar-refractivity contribution in [2.24, 2.45) is 0 Å². The Kier molecular flexibility index (Phi) is 4.53. The third-order valence-electron chi connectivity index (χ3n) is 3.30. The van der Waals surface area contributed by atoms with Crippen LogP contribution in [0.25, 0.3) is 5.57 Å². The van der Waals surface area contributed by atoms with Crippen LogP contribution in [0.15, 0.2) is 48.5 Å². The third kappa shape index (κ3) is 3.57. The minimum Gasteiger partial charge on any atom is -0.388 e. The molecular weight excluding hydrogens is 265 g/mol. The monoisotopic (exact) mass is 283 g/mol.